The summed E-state index contributed by atoms with van der Waals surface area (Å²) in [4.78, 5) is 11.0. The molecule has 15 heavy (non-hydrogen) atoms. The summed E-state index contributed by atoms with van der Waals surface area (Å²) in [6.07, 6.45) is 2.43. The molecular weight excluding hydrogens is 188 g/mol. The molecule has 1 atom stereocenters. The van der Waals surface area contributed by atoms with Crippen LogP contribution in [0.1, 0.15) is 38.2 Å². The molecule has 0 spiro atoms. The van der Waals surface area contributed by atoms with E-state index in [2.05, 4.69) is 12.1 Å². The van der Waals surface area contributed by atoms with Crippen LogP contribution >= 0.6 is 0 Å². The first-order valence-corrected chi connectivity index (χ1v) is 5.07. The predicted molar refractivity (Wildman–Crippen MR) is 60.7 cm³/mol. The molecule has 2 rings (SSSR count). The van der Waals surface area contributed by atoms with E-state index in [9.17, 15) is 4.79 Å². The molecule has 1 aliphatic rings. The molecule has 1 aliphatic heterocycles. The quantitative estimate of drug-likeness (QED) is 0.660. The van der Waals surface area contributed by atoms with Crippen molar-refractivity contribution < 1.29 is 9.53 Å². The van der Waals surface area contributed by atoms with Gasteiger partial charge < -0.3 is 4.74 Å². The van der Waals surface area contributed by atoms with Gasteiger partial charge in [0.05, 0.1) is 6.61 Å². The number of carbonyl (C=O) groups excluding carboxylic acids is 1. The Hall–Kier alpha value is -1.31. The van der Waals surface area contributed by atoms with Gasteiger partial charge in [0, 0.05) is 6.42 Å². The van der Waals surface area contributed by atoms with Gasteiger partial charge in [-0.3, -0.25) is 4.79 Å². The van der Waals surface area contributed by atoms with Gasteiger partial charge >= 0.3 is 5.97 Å². The van der Waals surface area contributed by atoms with Gasteiger partial charge in [-0.1, -0.05) is 37.8 Å². The molecule has 0 aliphatic carbocycles. The van der Waals surface area contributed by atoms with Crippen molar-refractivity contribution >= 4 is 5.97 Å². The van der Waals surface area contributed by atoms with Gasteiger partial charge in [-0.05, 0) is 24.3 Å². The smallest absolute Gasteiger partial charge is 0.305 e. The summed E-state index contributed by atoms with van der Waals surface area (Å²) in [5.41, 5.74) is 1.32. The number of esters is 1. The third-order valence-corrected chi connectivity index (χ3v) is 2.70. The van der Waals surface area contributed by atoms with Gasteiger partial charge in [0.2, 0.25) is 0 Å². The summed E-state index contributed by atoms with van der Waals surface area (Å²) in [7, 11) is 0. The monoisotopic (exact) mass is 206 g/mol. The summed E-state index contributed by atoms with van der Waals surface area (Å²) in [5, 5.41) is 0. The van der Waals surface area contributed by atoms with Crippen LogP contribution in [-0.4, -0.2) is 12.6 Å². The van der Waals surface area contributed by atoms with E-state index in [0.29, 0.717) is 18.9 Å². The zero-order valence-corrected chi connectivity index (χ0v) is 8.11. The molecular formula is C13H18O2. The normalized spacial score (nSPS) is 21.1. The number of rotatable bonds is 1. The average molecular weight is 206 g/mol. The van der Waals surface area contributed by atoms with Crippen molar-refractivity contribution in [2.75, 3.05) is 6.61 Å². The molecule has 1 aromatic rings. The second kappa shape index (κ2) is 5.54. The Morgan fingerprint density at radius 1 is 1.13 bits per heavy atom. The first kappa shape index (κ1) is 11.8. The van der Waals surface area contributed by atoms with Crippen molar-refractivity contribution in [3.8, 4) is 0 Å². The second-order valence-electron chi connectivity index (χ2n) is 3.66. The molecule has 1 heterocycles. The van der Waals surface area contributed by atoms with Gasteiger partial charge in [0.1, 0.15) is 0 Å². The van der Waals surface area contributed by atoms with Crippen LogP contribution in [-0.2, 0) is 9.53 Å². The van der Waals surface area contributed by atoms with E-state index < -0.39 is 0 Å². The summed E-state index contributed by atoms with van der Waals surface area (Å²) in [6.45, 7) is 0.568. The largest absolute Gasteiger partial charge is 0.466 e. The molecule has 0 amide bonds. The molecule has 0 saturated carbocycles. The van der Waals surface area contributed by atoms with E-state index in [4.69, 9.17) is 4.74 Å². The topological polar surface area (TPSA) is 26.3 Å². The van der Waals surface area contributed by atoms with E-state index in [1.807, 2.05) is 18.2 Å². The fourth-order valence-corrected chi connectivity index (χ4v) is 1.88. The number of benzene rings is 1. The van der Waals surface area contributed by atoms with Crippen molar-refractivity contribution in [2.45, 2.75) is 32.6 Å². The van der Waals surface area contributed by atoms with Gasteiger partial charge in [-0.25, -0.2) is 0 Å². The van der Waals surface area contributed by atoms with E-state index >= 15 is 0 Å². The maximum absolute atomic E-state index is 11.0. The first-order valence-electron chi connectivity index (χ1n) is 5.07. The highest BCUT2D eigenvalue weighted by molar-refractivity contribution is 5.69. The van der Waals surface area contributed by atoms with E-state index in [-0.39, 0.29) is 13.4 Å². The minimum Gasteiger partial charge on any atom is -0.466 e. The van der Waals surface area contributed by atoms with E-state index in [0.717, 1.165) is 12.8 Å². The lowest BCUT2D eigenvalue weighted by molar-refractivity contribution is -0.142. The van der Waals surface area contributed by atoms with E-state index in [1.165, 1.54) is 5.56 Å². The zero-order valence-electron chi connectivity index (χ0n) is 8.11. The summed E-state index contributed by atoms with van der Waals surface area (Å²) >= 11 is 0. The Kier molecular flexibility index (Phi) is 4.35. The molecule has 1 saturated heterocycles. The molecule has 0 N–H and O–H groups in total. The first-order chi connectivity index (χ1) is 6.86. The van der Waals surface area contributed by atoms with Crippen molar-refractivity contribution in [2.24, 2.45) is 0 Å². The fourth-order valence-electron chi connectivity index (χ4n) is 1.88. The highest BCUT2D eigenvalue weighted by Gasteiger charge is 2.18. The molecule has 2 nitrogen and oxygen atoms in total. The van der Waals surface area contributed by atoms with Crippen molar-refractivity contribution in [3.05, 3.63) is 35.9 Å². The SMILES string of the molecule is C.O=C1CCC(c2ccccc2)CCO1. The van der Waals surface area contributed by atoms with Crippen molar-refractivity contribution in [3.63, 3.8) is 0 Å². The summed E-state index contributed by atoms with van der Waals surface area (Å²) < 4.78 is 5.02. The molecule has 1 aromatic carbocycles. The molecule has 1 unspecified atom stereocenters. The van der Waals surface area contributed by atoms with Crippen LogP contribution in [0.5, 0.6) is 0 Å². The Balaban J connectivity index is 0.00000112. The van der Waals surface area contributed by atoms with Gasteiger partial charge in [-0.2, -0.15) is 0 Å². The van der Waals surface area contributed by atoms with Gasteiger partial charge in [-0.15, -0.1) is 0 Å². The number of cyclic esters (lactones) is 1. The Morgan fingerprint density at radius 3 is 2.60 bits per heavy atom. The minimum atomic E-state index is -0.0524. The molecule has 0 radical (unpaired) electrons. The number of carbonyl (C=O) groups is 1. The molecule has 82 valence electrons. The van der Waals surface area contributed by atoms with E-state index in [1.54, 1.807) is 0 Å². The number of hydrogen-bond donors (Lipinski definition) is 0. The van der Waals surface area contributed by atoms with Crippen molar-refractivity contribution in [1.82, 2.24) is 0 Å². The summed E-state index contributed by atoms with van der Waals surface area (Å²) in [6, 6.07) is 10.4. The average Bonchev–Trinajstić information content (AvgIpc) is 2.44. The van der Waals surface area contributed by atoms with Crippen LogP contribution in [0.3, 0.4) is 0 Å². The predicted octanol–water partition coefficient (Wildman–Crippen LogP) is 3.13. The maximum Gasteiger partial charge on any atom is 0.305 e. The zero-order chi connectivity index (χ0) is 9.80. The number of hydrogen-bond acceptors (Lipinski definition) is 2. The Bertz CT molecular complexity index is 306. The fraction of sp³-hybridized carbons (Fsp3) is 0.462. The standard InChI is InChI=1S/C12H14O2.CH4/c13-12-7-6-11(8-9-14-12)10-4-2-1-3-5-10;/h1-5,11H,6-9H2;1H4. The molecule has 2 heteroatoms. The van der Waals surface area contributed by atoms with Crippen LogP contribution in [0.2, 0.25) is 0 Å². The van der Waals surface area contributed by atoms with Crippen LogP contribution in [0.15, 0.2) is 30.3 Å². The third-order valence-electron chi connectivity index (χ3n) is 2.70. The summed E-state index contributed by atoms with van der Waals surface area (Å²) in [5.74, 6) is 0.436. The van der Waals surface area contributed by atoms with Gasteiger partial charge in [0.25, 0.3) is 0 Å². The number of ether oxygens (including phenoxy) is 1. The molecule has 0 aromatic heterocycles. The minimum absolute atomic E-state index is 0. The maximum atomic E-state index is 11.0. The lowest BCUT2D eigenvalue weighted by atomic mass is 9.92. The van der Waals surface area contributed by atoms with Crippen molar-refractivity contribution in [1.29, 1.82) is 0 Å². The Morgan fingerprint density at radius 2 is 1.87 bits per heavy atom. The lowest BCUT2D eigenvalue weighted by Crippen LogP contribution is -2.00. The second-order valence-corrected chi connectivity index (χ2v) is 3.66. The molecule has 0 bridgehead atoms. The highest BCUT2D eigenvalue weighted by Crippen LogP contribution is 2.27. The highest BCUT2D eigenvalue weighted by atomic mass is 16.5. The van der Waals surface area contributed by atoms with Crippen LogP contribution < -0.4 is 0 Å². The lowest BCUT2D eigenvalue weighted by Gasteiger charge is -2.12. The molecule has 1 fully saturated rings. The van der Waals surface area contributed by atoms with Crippen LogP contribution in [0, 0.1) is 0 Å². The third kappa shape index (κ3) is 3.08. The van der Waals surface area contributed by atoms with Crippen LogP contribution in [0.4, 0.5) is 0 Å². The van der Waals surface area contributed by atoms with Crippen LogP contribution in [0.25, 0.3) is 0 Å². The van der Waals surface area contributed by atoms with Gasteiger partial charge in [0.15, 0.2) is 0 Å². The Labute approximate surface area is 91.3 Å².